The van der Waals surface area contributed by atoms with Gasteiger partial charge in [0.25, 0.3) is 0 Å². The first-order valence-corrected chi connectivity index (χ1v) is 10.9. The molecule has 0 spiro atoms. The van der Waals surface area contributed by atoms with Crippen molar-refractivity contribution in [2.45, 2.75) is 83.2 Å². The number of benzene rings is 1. The van der Waals surface area contributed by atoms with E-state index in [1.165, 1.54) is 0 Å². The molecule has 0 aliphatic carbocycles. The maximum atomic E-state index is 14.0. The molecule has 0 aliphatic rings. The normalized spacial score (nSPS) is 16.7. The van der Waals surface area contributed by atoms with Crippen LogP contribution in [-0.2, 0) is 5.92 Å². The highest BCUT2D eigenvalue weighted by molar-refractivity contribution is 5.27. The highest BCUT2D eigenvalue weighted by Crippen LogP contribution is 2.69. The molecule has 0 unspecified atom stereocenters. The van der Waals surface area contributed by atoms with Gasteiger partial charge in [-0.3, -0.25) is 0 Å². The lowest BCUT2D eigenvalue weighted by molar-refractivity contribution is -0.487. The molecule has 1 aromatic carbocycles. The lowest BCUT2D eigenvalue weighted by atomic mass is 9.83. The Morgan fingerprint density at radius 1 is 0.224 bits per heavy atom. The molecule has 0 N–H and O–H groups in total. The molecular formula is C20H5F29. The van der Waals surface area contributed by atoms with E-state index >= 15 is 0 Å². The Morgan fingerprint density at radius 2 is 0.408 bits per heavy atom. The zero-order chi connectivity index (χ0) is 40.1. The summed E-state index contributed by atoms with van der Waals surface area (Å²) >= 11 is 0. The molecule has 0 aromatic heterocycles. The van der Waals surface area contributed by atoms with Crippen molar-refractivity contribution in [1.29, 1.82) is 0 Å². The quantitative estimate of drug-likeness (QED) is 0.175. The van der Waals surface area contributed by atoms with Gasteiger partial charge in [0.2, 0.25) is 0 Å². The van der Waals surface area contributed by atoms with Crippen molar-refractivity contribution < 1.29 is 127 Å². The van der Waals surface area contributed by atoms with Crippen LogP contribution in [0.25, 0.3) is 0 Å². The predicted molar refractivity (Wildman–Crippen MR) is 95.8 cm³/mol. The predicted octanol–water partition coefficient (Wildman–Crippen LogP) is 11.0. The third-order valence-electron chi connectivity index (χ3n) is 6.22. The van der Waals surface area contributed by atoms with Gasteiger partial charge in [0.1, 0.15) is 0 Å². The second-order valence-electron chi connectivity index (χ2n) is 9.33. The van der Waals surface area contributed by atoms with Crippen LogP contribution in [0.2, 0.25) is 0 Å². The summed E-state index contributed by atoms with van der Waals surface area (Å²) in [5.41, 5.74) is -2.61. The van der Waals surface area contributed by atoms with Crippen LogP contribution in [0.3, 0.4) is 0 Å². The first-order chi connectivity index (χ1) is 20.9. The minimum atomic E-state index is -9.93. The molecule has 288 valence electrons. The molecule has 0 saturated carbocycles. The SMILES string of the molecule is FC(F)(F)C(F)(F)C(F)(F)C(F)(F)C(F)(F)C(F)(F)C(F)(F)C(F)(F)C(F)(F)C(F)(F)C(F)(F)C(F)(F)C(F)(F)C(F)(F)c1ccccc1. The lowest BCUT2D eigenvalue weighted by Crippen LogP contribution is -2.79. The van der Waals surface area contributed by atoms with Crippen molar-refractivity contribution in [3.05, 3.63) is 35.9 Å². The molecule has 0 bridgehead atoms. The monoisotopic (exact) mass is 796 g/mol. The molecule has 0 saturated heterocycles. The Kier molecular flexibility index (Phi) is 10.0. The number of hydrogen-bond donors (Lipinski definition) is 0. The summed E-state index contributed by atoms with van der Waals surface area (Å²) in [6.07, 6.45) is -8.29. The molecule has 1 rings (SSSR count). The smallest absolute Gasteiger partial charge is 0.194 e. The first kappa shape index (κ1) is 44.2. The van der Waals surface area contributed by atoms with Crippen LogP contribution in [0.5, 0.6) is 0 Å². The molecule has 0 radical (unpaired) electrons. The topological polar surface area (TPSA) is 0 Å². The van der Waals surface area contributed by atoms with Crippen LogP contribution in [0, 0.1) is 0 Å². The number of hydrogen-bond acceptors (Lipinski definition) is 0. The molecule has 0 aliphatic heterocycles. The summed E-state index contributed by atoms with van der Waals surface area (Å²) < 4.78 is 392. The summed E-state index contributed by atoms with van der Waals surface area (Å²) in [7, 11) is 0. The van der Waals surface area contributed by atoms with Gasteiger partial charge in [0.05, 0.1) is 0 Å². The molecule has 0 nitrogen and oxygen atoms in total. The van der Waals surface area contributed by atoms with E-state index < -0.39 is 101 Å². The largest absolute Gasteiger partial charge is 0.460 e. The van der Waals surface area contributed by atoms with Gasteiger partial charge in [-0.15, -0.1) is 0 Å². The van der Waals surface area contributed by atoms with Crippen LogP contribution in [0.15, 0.2) is 30.3 Å². The van der Waals surface area contributed by atoms with Crippen LogP contribution in [0.1, 0.15) is 5.56 Å². The maximum absolute atomic E-state index is 14.0. The zero-order valence-corrected chi connectivity index (χ0v) is 21.3. The second-order valence-corrected chi connectivity index (χ2v) is 9.33. The minimum Gasteiger partial charge on any atom is -0.194 e. The van der Waals surface area contributed by atoms with Gasteiger partial charge < -0.3 is 0 Å². The Balaban J connectivity index is 3.98. The van der Waals surface area contributed by atoms with Crippen molar-refractivity contribution in [2.24, 2.45) is 0 Å². The average molecular weight is 796 g/mol. The highest BCUT2D eigenvalue weighted by atomic mass is 19.4. The van der Waals surface area contributed by atoms with E-state index in [2.05, 4.69) is 0 Å². The van der Waals surface area contributed by atoms with E-state index in [1.54, 1.807) is 0 Å². The van der Waals surface area contributed by atoms with Gasteiger partial charge in [-0.05, 0) is 0 Å². The third-order valence-corrected chi connectivity index (χ3v) is 6.22. The van der Waals surface area contributed by atoms with Crippen molar-refractivity contribution >= 4 is 0 Å². The number of halogens is 29. The maximum Gasteiger partial charge on any atom is 0.460 e. The van der Waals surface area contributed by atoms with Crippen molar-refractivity contribution in [2.75, 3.05) is 0 Å². The van der Waals surface area contributed by atoms with Crippen LogP contribution in [-0.4, -0.2) is 77.2 Å². The lowest BCUT2D eigenvalue weighted by Gasteiger charge is -2.46. The van der Waals surface area contributed by atoms with Crippen molar-refractivity contribution in [1.82, 2.24) is 0 Å². The fraction of sp³-hybridized carbons (Fsp3) is 0.700. The Morgan fingerprint density at radius 3 is 0.612 bits per heavy atom. The van der Waals surface area contributed by atoms with E-state index in [1.807, 2.05) is 0 Å². The average Bonchev–Trinajstić information content (AvgIpc) is 2.91. The summed E-state index contributed by atoms with van der Waals surface area (Å²) in [6, 6.07) is 0.117. The fourth-order valence-electron chi connectivity index (χ4n) is 3.18. The molecular weight excluding hydrogens is 791 g/mol. The summed E-state index contributed by atoms with van der Waals surface area (Å²) in [6.45, 7) is 0. The fourth-order valence-corrected chi connectivity index (χ4v) is 3.18. The number of rotatable bonds is 13. The van der Waals surface area contributed by atoms with Gasteiger partial charge in [0.15, 0.2) is 0 Å². The first-order valence-electron chi connectivity index (χ1n) is 10.9. The van der Waals surface area contributed by atoms with Crippen molar-refractivity contribution in [3.63, 3.8) is 0 Å². The summed E-state index contributed by atoms with van der Waals surface area (Å²) in [4.78, 5) is 0. The van der Waals surface area contributed by atoms with Crippen molar-refractivity contribution in [3.8, 4) is 0 Å². The van der Waals surface area contributed by atoms with E-state index in [9.17, 15) is 127 Å². The van der Waals surface area contributed by atoms with Gasteiger partial charge in [-0.1, -0.05) is 30.3 Å². The molecule has 29 heteroatoms. The zero-order valence-electron chi connectivity index (χ0n) is 21.3. The van der Waals surface area contributed by atoms with Crippen LogP contribution < -0.4 is 0 Å². The minimum absolute atomic E-state index is 0.181. The third kappa shape index (κ3) is 5.13. The summed E-state index contributed by atoms with van der Waals surface area (Å²) in [5.74, 6) is -120. The van der Waals surface area contributed by atoms with E-state index in [-0.39, 0.29) is 12.1 Å². The van der Waals surface area contributed by atoms with Crippen LogP contribution in [0.4, 0.5) is 127 Å². The molecule has 0 fully saturated rings. The standard InChI is InChI=1S/C20H5F29/c21-7(22,6-4-2-1-3-5-6)8(23,24)9(25,26)10(27,28)11(29,30)12(31,32)13(33,34)14(35,36)15(37,38)16(39,40)17(41,42)18(43,44)19(45,46)20(47,48)49/h1-5H. The molecule has 49 heavy (non-hydrogen) atoms. The Bertz CT molecular complexity index is 1330. The molecule has 0 heterocycles. The Labute approximate surface area is 247 Å². The van der Waals surface area contributed by atoms with Gasteiger partial charge in [-0.2, -0.15) is 127 Å². The molecule has 0 amide bonds. The van der Waals surface area contributed by atoms with E-state index in [0.29, 0.717) is 6.07 Å². The molecule has 1 aromatic rings. The van der Waals surface area contributed by atoms with E-state index in [4.69, 9.17) is 0 Å². The molecule has 0 atom stereocenters. The summed E-state index contributed by atoms with van der Waals surface area (Å²) in [5, 5.41) is 0. The van der Waals surface area contributed by atoms with Gasteiger partial charge >= 0.3 is 83.2 Å². The van der Waals surface area contributed by atoms with Gasteiger partial charge in [0, 0.05) is 5.56 Å². The van der Waals surface area contributed by atoms with E-state index in [0.717, 1.165) is 0 Å². The Hall–Kier alpha value is -2.81. The second kappa shape index (κ2) is 11.1. The number of alkyl halides is 29. The highest BCUT2D eigenvalue weighted by Gasteiger charge is 3.00. The van der Waals surface area contributed by atoms with Crippen LogP contribution >= 0.6 is 0 Å². The van der Waals surface area contributed by atoms with Gasteiger partial charge in [-0.25, -0.2) is 0 Å².